The standard InChI is InChI=1S/C17H42N6O3/c1-15(24)12-22-9-8-20-5-4-19-6-7-21-10-11-23(13-16(2)25)14-17(26)18-3/h15-22,24-26H,4-14H2,1-3H3. The molecule has 3 atom stereocenters. The Morgan fingerprint density at radius 3 is 1.65 bits per heavy atom. The fourth-order valence-corrected chi connectivity index (χ4v) is 2.42. The van der Waals surface area contributed by atoms with Crippen molar-refractivity contribution in [2.24, 2.45) is 0 Å². The van der Waals surface area contributed by atoms with Crippen molar-refractivity contribution < 1.29 is 15.3 Å². The fraction of sp³-hybridized carbons (Fsp3) is 1.00. The Balaban J connectivity index is 3.44. The van der Waals surface area contributed by atoms with Crippen LogP contribution in [0, 0.1) is 0 Å². The van der Waals surface area contributed by atoms with Crippen molar-refractivity contribution in [3.8, 4) is 0 Å². The van der Waals surface area contributed by atoms with E-state index in [1.165, 1.54) is 0 Å². The highest BCUT2D eigenvalue weighted by atomic mass is 16.3. The van der Waals surface area contributed by atoms with Crippen LogP contribution in [0.25, 0.3) is 0 Å². The Labute approximate surface area is 158 Å². The van der Waals surface area contributed by atoms with Crippen LogP contribution in [-0.4, -0.2) is 118 Å². The molecule has 158 valence electrons. The van der Waals surface area contributed by atoms with Crippen molar-refractivity contribution in [2.45, 2.75) is 32.3 Å². The van der Waals surface area contributed by atoms with Crippen LogP contribution in [0.15, 0.2) is 0 Å². The van der Waals surface area contributed by atoms with Gasteiger partial charge in [-0.3, -0.25) is 10.2 Å². The first-order valence-corrected chi connectivity index (χ1v) is 9.72. The van der Waals surface area contributed by atoms with Gasteiger partial charge >= 0.3 is 0 Å². The SMILES string of the molecule is CNC(O)CN(CCNCCNCCNCCNCC(C)O)CC(C)O. The normalized spacial score (nSPS) is 15.3. The predicted molar refractivity (Wildman–Crippen MR) is 106 cm³/mol. The first-order valence-electron chi connectivity index (χ1n) is 9.72. The second-order valence-corrected chi connectivity index (χ2v) is 6.72. The molecule has 0 bridgehead atoms. The summed E-state index contributed by atoms with van der Waals surface area (Å²) in [5.41, 5.74) is 0. The van der Waals surface area contributed by atoms with Crippen LogP contribution in [0.5, 0.6) is 0 Å². The summed E-state index contributed by atoms with van der Waals surface area (Å²) in [6.45, 7) is 12.2. The van der Waals surface area contributed by atoms with Gasteiger partial charge in [0.2, 0.25) is 0 Å². The quantitative estimate of drug-likeness (QED) is 0.0874. The molecule has 0 aromatic rings. The van der Waals surface area contributed by atoms with Crippen molar-refractivity contribution in [2.75, 3.05) is 79.0 Å². The van der Waals surface area contributed by atoms with Crippen LogP contribution in [0.2, 0.25) is 0 Å². The van der Waals surface area contributed by atoms with E-state index < -0.39 is 12.3 Å². The van der Waals surface area contributed by atoms with Gasteiger partial charge in [-0.15, -0.1) is 0 Å². The zero-order valence-corrected chi connectivity index (χ0v) is 16.8. The third kappa shape index (κ3) is 18.4. The lowest BCUT2D eigenvalue weighted by atomic mass is 10.3. The Bertz CT molecular complexity index is 298. The molecule has 3 unspecified atom stereocenters. The van der Waals surface area contributed by atoms with Crippen LogP contribution < -0.4 is 26.6 Å². The second-order valence-electron chi connectivity index (χ2n) is 6.72. The molecule has 0 saturated heterocycles. The molecular weight excluding hydrogens is 336 g/mol. The number of nitrogens with one attached hydrogen (secondary N) is 5. The number of hydrogen-bond acceptors (Lipinski definition) is 9. The number of nitrogens with zero attached hydrogens (tertiary/aromatic N) is 1. The summed E-state index contributed by atoms with van der Waals surface area (Å²) in [7, 11) is 1.72. The summed E-state index contributed by atoms with van der Waals surface area (Å²) in [5.74, 6) is 0. The molecule has 26 heavy (non-hydrogen) atoms. The van der Waals surface area contributed by atoms with Crippen molar-refractivity contribution in [3.05, 3.63) is 0 Å². The number of rotatable bonds is 19. The van der Waals surface area contributed by atoms with Gasteiger partial charge in [0.05, 0.1) is 12.2 Å². The summed E-state index contributed by atoms with van der Waals surface area (Å²) in [6.07, 6.45) is -1.28. The third-order valence-electron chi connectivity index (χ3n) is 3.77. The maximum Gasteiger partial charge on any atom is 0.117 e. The number of aliphatic hydroxyl groups excluding tert-OH is 3. The lowest BCUT2D eigenvalue weighted by Crippen LogP contribution is -2.45. The molecule has 0 aromatic carbocycles. The Kier molecular flexibility index (Phi) is 17.8. The third-order valence-corrected chi connectivity index (χ3v) is 3.77. The highest BCUT2D eigenvalue weighted by Crippen LogP contribution is 1.93. The number of likely N-dealkylation sites (N-methyl/N-ethyl adjacent to an activating group) is 1. The highest BCUT2D eigenvalue weighted by molar-refractivity contribution is 4.67. The largest absolute Gasteiger partial charge is 0.392 e. The lowest BCUT2D eigenvalue weighted by Gasteiger charge is -2.26. The van der Waals surface area contributed by atoms with E-state index in [9.17, 15) is 10.2 Å². The average molecular weight is 379 g/mol. The van der Waals surface area contributed by atoms with Crippen LogP contribution in [-0.2, 0) is 0 Å². The van der Waals surface area contributed by atoms with Gasteiger partial charge in [0, 0.05) is 72.0 Å². The van der Waals surface area contributed by atoms with E-state index in [-0.39, 0.29) is 6.10 Å². The highest BCUT2D eigenvalue weighted by Gasteiger charge is 2.11. The molecule has 0 fully saturated rings. The minimum Gasteiger partial charge on any atom is -0.392 e. The first kappa shape index (κ1) is 25.6. The Morgan fingerprint density at radius 2 is 1.19 bits per heavy atom. The molecular formula is C17H42N6O3. The molecule has 0 amide bonds. The molecule has 9 nitrogen and oxygen atoms in total. The van der Waals surface area contributed by atoms with Crippen LogP contribution in [0.4, 0.5) is 0 Å². The van der Waals surface area contributed by atoms with E-state index in [1.807, 2.05) is 4.90 Å². The predicted octanol–water partition coefficient (Wildman–Crippen LogP) is -3.05. The van der Waals surface area contributed by atoms with Crippen molar-refractivity contribution >= 4 is 0 Å². The molecule has 0 aromatic heterocycles. The van der Waals surface area contributed by atoms with E-state index in [4.69, 9.17) is 5.11 Å². The average Bonchev–Trinajstić information content (AvgIpc) is 2.57. The van der Waals surface area contributed by atoms with E-state index >= 15 is 0 Å². The molecule has 0 saturated carbocycles. The summed E-state index contributed by atoms with van der Waals surface area (Å²) in [6, 6.07) is 0. The van der Waals surface area contributed by atoms with Crippen LogP contribution in [0.3, 0.4) is 0 Å². The molecule has 0 radical (unpaired) electrons. The van der Waals surface area contributed by atoms with Gasteiger partial charge in [0.15, 0.2) is 0 Å². The summed E-state index contributed by atoms with van der Waals surface area (Å²) < 4.78 is 0. The van der Waals surface area contributed by atoms with Gasteiger partial charge in [-0.05, 0) is 20.9 Å². The van der Waals surface area contributed by atoms with Gasteiger partial charge in [-0.1, -0.05) is 0 Å². The molecule has 0 heterocycles. The zero-order chi connectivity index (χ0) is 19.6. The van der Waals surface area contributed by atoms with E-state index in [0.29, 0.717) is 19.6 Å². The van der Waals surface area contributed by atoms with Crippen LogP contribution in [0.1, 0.15) is 13.8 Å². The van der Waals surface area contributed by atoms with E-state index in [2.05, 4.69) is 26.6 Å². The molecule has 0 aliphatic carbocycles. The summed E-state index contributed by atoms with van der Waals surface area (Å²) >= 11 is 0. The minimum atomic E-state index is -0.579. The van der Waals surface area contributed by atoms with Gasteiger partial charge in [0.1, 0.15) is 6.23 Å². The Morgan fingerprint density at radius 1 is 0.692 bits per heavy atom. The van der Waals surface area contributed by atoms with E-state index in [1.54, 1.807) is 20.9 Å². The maximum atomic E-state index is 9.67. The van der Waals surface area contributed by atoms with Gasteiger partial charge in [0.25, 0.3) is 0 Å². The van der Waals surface area contributed by atoms with Crippen molar-refractivity contribution in [3.63, 3.8) is 0 Å². The van der Waals surface area contributed by atoms with Crippen molar-refractivity contribution in [1.29, 1.82) is 0 Å². The van der Waals surface area contributed by atoms with Gasteiger partial charge in [-0.2, -0.15) is 0 Å². The van der Waals surface area contributed by atoms with Crippen LogP contribution >= 0.6 is 0 Å². The first-order chi connectivity index (χ1) is 12.5. The summed E-state index contributed by atoms with van der Waals surface area (Å²) in [4.78, 5) is 2.04. The second kappa shape index (κ2) is 18.0. The Hall–Kier alpha value is -0.360. The monoisotopic (exact) mass is 378 g/mol. The molecule has 8 N–H and O–H groups in total. The van der Waals surface area contributed by atoms with Crippen molar-refractivity contribution in [1.82, 2.24) is 31.5 Å². The maximum absolute atomic E-state index is 9.67. The topological polar surface area (TPSA) is 124 Å². The minimum absolute atomic E-state index is 0.295. The molecule has 0 spiro atoms. The number of hydrogen-bond donors (Lipinski definition) is 8. The lowest BCUT2D eigenvalue weighted by molar-refractivity contribution is 0.0641. The molecule has 9 heteroatoms. The van der Waals surface area contributed by atoms with Gasteiger partial charge < -0.3 is 36.6 Å². The van der Waals surface area contributed by atoms with Gasteiger partial charge in [-0.25, -0.2) is 0 Å². The summed E-state index contributed by atoms with van der Waals surface area (Å²) in [5, 5.41) is 44.3. The molecule has 0 aliphatic heterocycles. The smallest absolute Gasteiger partial charge is 0.117 e. The molecule has 0 rings (SSSR count). The zero-order valence-electron chi connectivity index (χ0n) is 16.8. The number of aliphatic hydroxyl groups is 3. The molecule has 0 aliphatic rings. The fourth-order valence-electron chi connectivity index (χ4n) is 2.42. The van der Waals surface area contributed by atoms with E-state index in [0.717, 1.165) is 52.4 Å².